The van der Waals surface area contributed by atoms with Gasteiger partial charge in [0, 0.05) is 72.8 Å². The maximum atomic E-state index is 5.68. The number of aryl methyl sites for hydroxylation is 2. The smallest absolute Gasteiger partial charge is 0.162 e. The SMILES string of the molecule is Cc1n[nH]c(C)c1-c1cc(N2CCOC[C@H]2C)nc(-c2ccnc3c2ccn3CC2CNC2)n1. The minimum Gasteiger partial charge on any atom is -0.377 e. The van der Waals surface area contributed by atoms with Gasteiger partial charge in [0.25, 0.3) is 0 Å². The Labute approximate surface area is 198 Å². The lowest BCUT2D eigenvalue weighted by molar-refractivity contribution is 0.0985. The molecule has 6 rings (SSSR count). The Kier molecular flexibility index (Phi) is 5.30. The van der Waals surface area contributed by atoms with Crippen molar-refractivity contribution in [2.45, 2.75) is 33.4 Å². The quantitative estimate of drug-likeness (QED) is 0.475. The molecule has 0 bridgehead atoms. The second-order valence-corrected chi connectivity index (χ2v) is 9.45. The average molecular weight is 459 g/mol. The zero-order chi connectivity index (χ0) is 23.2. The summed E-state index contributed by atoms with van der Waals surface area (Å²) in [5.41, 5.74) is 5.83. The Morgan fingerprint density at radius 2 is 2.06 bits per heavy atom. The molecule has 2 fully saturated rings. The Morgan fingerprint density at radius 1 is 1.18 bits per heavy atom. The zero-order valence-electron chi connectivity index (χ0n) is 19.9. The molecule has 34 heavy (non-hydrogen) atoms. The Bertz CT molecular complexity index is 1320. The maximum absolute atomic E-state index is 5.68. The van der Waals surface area contributed by atoms with Crippen molar-refractivity contribution in [2.24, 2.45) is 5.92 Å². The highest BCUT2D eigenvalue weighted by atomic mass is 16.5. The lowest BCUT2D eigenvalue weighted by atomic mass is 10.0. The van der Waals surface area contributed by atoms with Crippen LogP contribution in [0, 0.1) is 19.8 Å². The molecular formula is C25H30N8O. The van der Waals surface area contributed by atoms with E-state index in [4.69, 9.17) is 19.7 Å². The van der Waals surface area contributed by atoms with Gasteiger partial charge in [-0.25, -0.2) is 15.0 Å². The van der Waals surface area contributed by atoms with Crippen LogP contribution in [0.5, 0.6) is 0 Å². The summed E-state index contributed by atoms with van der Waals surface area (Å²) in [5.74, 6) is 2.28. The molecule has 0 amide bonds. The van der Waals surface area contributed by atoms with E-state index in [2.05, 4.69) is 50.2 Å². The molecular weight excluding hydrogens is 428 g/mol. The Hall–Kier alpha value is -3.30. The summed E-state index contributed by atoms with van der Waals surface area (Å²) < 4.78 is 7.93. The van der Waals surface area contributed by atoms with E-state index in [0.717, 1.165) is 71.2 Å². The second-order valence-electron chi connectivity index (χ2n) is 9.45. The number of nitrogens with one attached hydrogen (secondary N) is 2. The predicted octanol–water partition coefficient (Wildman–Crippen LogP) is 2.94. The van der Waals surface area contributed by atoms with Crippen LogP contribution in [0.1, 0.15) is 18.3 Å². The molecule has 4 aromatic heterocycles. The first kappa shape index (κ1) is 21.2. The van der Waals surface area contributed by atoms with E-state index in [1.165, 1.54) is 0 Å². The first-order valence-corrected chi connectivity index (χ1v) is 12.0. The summed E-state index contributed by atoms with van der Waals surface area (Å²) in [4.78, 5) is 17.2. The van der Waals surface area contributed by atoms with Crippen LogP contribution in [0.15, 0.2) is 30.6 Å². The molecule has 0 saturated carbocycles. The third kappa shape index (κ3) is 3.65. The summed E-state index contributed by atoms with van der Waals surface area (Å²) in [5, 5.41) is 11.9. The number of pyridine rings is 1. The summed E-state index contributed by atoms with van der Waals surface area (Å²) >= 11 is 0. The second kappa shape index (κ2) is 8.48. The van der Waals surface area contributed by atoms with Gasteiger partial charge in [-0.3, -0.25) is 5.10 Å². The average Bonchev–Trinajstić information content (AvgIpc) is 3.38. The lowest BCUT2D eigenvalue weighted by Gasteiger charge is -2.34. The van der Waals surface area contributed by atoms with E-state index in [1.54, 1.807) is 0 Å². The summed E-state index contributed by atoms with van der Waals surface area (Å²) in [6, 6.07) is 6.50. The number of H-pyrrole nitrogens is 1. The van der Waals surface area contributed by atoms with Gasteiger partial charge in [0.05, 0.1) is 30.6 Å². The van der Waals surface area contributed by atoms with E-state index in [1.807, 2.05) is 26.1 Å². The van der Waals surface area contributed by atoms with Crippen LogP contribution in [0.25, 0.3) is 33.7 Å². The monoisotopic (exact) mass is 458 g/mol. The lowest BCUT2D eigenvalue weighted by Crippen LogP contribution is -2.44. The van der Waals surface area contributed by atoms with Gasteiger partial charge in [0.15, 0.2) is 5.82 Å². The van der Waals surface area contributed by atoms with Gasteiger partial charge >= 0.3 is 0 Å². The van der Waals surface area contributed by atoms with E-state index in [-0.39, 0.29) is 6.04 Å². The minimum atomic E-state index is 0.241. The van der Waals surface area contributed by atoms with Crippen LogP contribution in [-0.2, 0) is 11.3 Å². The van der Waals surface area contributed by atoms with Crippen molar-refractivity contribution >= 4 is 16.9 Å². The van der Waals surface area contributed by atoms with Crippen molar-refractivity contribution in [1.82, 2.24) is 35.0 Å². The number of aromatic nitrogens is 6. The van der Waals surface area contributed by atoms with Gasteiger partial charge in [-0.05, 0) is 32.9 Å². The van der Waals surface area contributed by atoms with Gasteiger partial charge in [0.2, 0.25) is 0 Å². The van der Waals surface area contributed by atoms with Gasteiger partial charge in [-0.2, -0.15) is 5.10 Å². The molecule has 1 atom stereocenters. The number of hydrogen-bond donors (Lipinski definition) is 2. The van der Waals surface area contributed by atoms with Gasteiger partial charge in [-0.1, -0.05) is 0 Å². The number of morpholine rings is 1. The van der Waals surface area contributed by atoms with Crippen LogP contribution in [-0.4, -0.2) is 68.6 Å². The fourth-order valence-corrected chi connectivity index (χ4v) is 5.01. The molecule has 0 aromatic carbocycles. The third-order valence-electron chi connectivity index (χ3n) is 6.98. The molecule has 9 nitrogen and oxygen atoms in total. The van der Waals surface area contributed by atoms with Crippen LogP contribution in [0.2, 0.25) is 0 Å². The van der Waals surface area contributed by atoms with Crippen molar-refractivity contribution in [3.63, 3.8) is 0 Å². The van der Waals surface area contributed by atoms with Crippen molar-refractivity contribution in [3.05, 3.63) is 42.0 Å². The first-order valence-electron chi connectivity index (χ1n) is 12.0. The van der Waals surface area contributed by atoms with Gasteiger partial charge in [-0.15, -0.1) is 0 Å². The first-order chi connectivity index (χ1) is 16.6. The molecule has 2 aliphatic heterocycles. The Morgan fingerprint density at radius 3 is 2.79 bits per heavy atom. The highest BCUT2D eigenvalue weighted by molar-refractivity contribution is 5.92. The summed E-state index contributed by atoms with van der Waals surface area (Å²) in [6.45, 7) is 11.5. The number of anilines is 1. The molecule has 9 heteroatoms. The number of ether oxygens (including phenoxy) is 1. The minimum absolute atomic E-state index is 0.241. The molecule has 2 saturated heterocycles. The van der Waals surface area contributed by atoms with Crippen LogP contribution in [0.3, 0.4) is 0 Å². The molecule has 2 N–H and O–H groups in total. The number of aromatic amines is 1. The van der Waals surface area contributed by atoms with E-state index in [9.17, 15) is 0 Å². The fourth-order valence-electron chi connectivity index (χ4n) is 5.01. The van der Waals surface area contributed by atoms with Crippen molar-refractivity contribution in [3.8, 4) is 22.6 Å². The van der Waals surface area contributed by atoms with E-state index in [0.29, 0.717) is 25.0 Å². The van der Waals surface area contributed by atoms with Gasteiger partial charge < -0.3 is 19.5 Å². The normalized spacial score (nSPS) is 19.0. The molecule has 0 aliphatic carbocycles. The largest absolute Gasteiger partial charge is 0.377 e. The van der Waals surface area contributed by atoms with Crippen LogP contribution >= 0.6 is 0 Å². The van der Waals surface area contributed by atoms with Crippen molar-refractivity contribution in [1.29, 1.82) is 0 Å². The summed E-state index contributed by atoms with van der Waals surface area (Å²) in [7, 11) is 0. The van der Waals surface area contributed by atoms with Crippen molar-refractivity contribution < 1.29 is 4.74 Å². The Balaban J connectivity index is 1.50. The van der Waals surface area contributed by atoms with E-state index >= 15 is 0 Å². The highest BCUT2D eigenvalue weighted by Crippen LogP contribution is 2.33. The summed E-state index contributed by atoms with van der Waals surface area (Å²) in [6.07, 6.45) is 4.01. The molecule has 2 aliphatic rings. The third-order valence-corrected chi connectivity index (χ3v) is 6.98. The number of rotatable bonds is 5. The number of nitrogens with zero attached hydrogens (tertiary/aromatic N) is 6. The maximum Gasteiger partial charge on any atom is 0.162 e. The van der Waals surface area contributed by atoms with Gasteiger partial charge in [0.1, 0.15) is 11.5 Å². The van der Waals surface area contributed by atoms with Crippen LogP contribution in [0.4, 0.5) is 5.82 Å². The van der Waals surface area contributed by atoms with Crippen molar-refractivity contribution in [2.75, 3.05) is 37.7 Å². The molecule has 0 radical (unpaired) electrons. The molecule has 0 unspecified atom stereocenters. The van der Waals surface area contributed by atoms with E-state index < -0.39 is 0 Å². The number of hydrogen-bond acceptors (Lipinski definition) is 7. The molecule has 176 valence electrons. The molecule has 6 heterocycles. The fraction of sp³-hybridized carbons (Fsp3) is 0.440. The molecule has 0 spiro atoms. The number of fused-ring (bicyclic) bond motifs is 1. The van der Waals surface area contributed by atoms with Crippen LogP contribution < -0.4 is 10.2 Å². The zero-order valence-corrected chi connectivity index (χ0v) is 19.9. The predicted molar refractivity (Wildman–Crippen MR) is 132 cm³/mol. The topological polar surface area (TPSA) is 96.8 Å². The molecule has 4 aromatic rings. The highest BCUT2D eigenvalue weighted by Gasteiger charge is 2.24. The standard InChI is InChI=1S/C25H30N8O/c1-15-14-34-9-8-33(15)22-10-21(23-16(2)30-31-17(23)3)28-24(29-22)19-4-6-27-25-20(19)5-7-32(25)13-18-11-26-12-18/h4-7,10,15,18,26H,8-9,11-14H2,1-3H3,(H,30,31)/t15-/m1/s1.